The maximum absolute atomic E-state index is 12.4. The van der Waals surface area contributed by atoms with Gasteiger partial charge in [0.05, 0.1) is 6.04 Å². The number of aryl methyl sites for hydroxylation is 1. The summed E-state index contributed by atoms with van der Waals surface area (Å²) in [6.07, 6.45) is 7.15. The van der Waals surface area contributed by atoms with E-state index in [0.717, 1.165) is 31.4 Å². The quantitative estimate of drug-likeness (QED) is 0.752. The van der Waals surface area contributed by atoms with Crippen LogP contribution in [-0.4, -0.2) is 21.9 Å². The van der Waals surface area contributed by atoms with E-state index in [0.29, 0.717) is 0 Å². The summed E-state index contributed by atoms with van der Waals surface area (Å²) >= 11 is 0. The summed E-state index contributed by atoms with van der Waals surface area (Å²) in [5, 5.41) is 0. The van der Waals surface area contributed by atoms with Crippen molar-refractivity contribution in [1.29, 1.82) is 0 Å². The number of amides is 1. The minimum Gasteiger partial charge on any atom is -0.353 e. The first-order valence-corrected chi connectivity index (χ1v) is 6.74. The molecule has 3 nitrogen and oxygen atoms in total. The van der Waals surface area contributed by atoms with Gasteiger partial charge < -0.3 is 9.47 Å². The molecule has 1 fully saturated rings. The van der Waals surface area contributed by atoms with Crippen LogP contribution in [0.3, 0.4) is 0 Å². The Morgan fingerprint density at radius 3 is 2.94 bits per heavy atom. The minimum absolute atomic E-state index is 0.195. The van der Waals surface area contributed by atoms with Crippen molar-refractivity contribution in [3.63, 3.8) is 0 Å². The molecule has 1 aromatic rings. The molecule has 1 aromatic heterocycles. The number of aromatic nitrogens is 1. The fourth-order valence-electron chi connectivity index (χ4n) is 2.76. The van der Waals surface area contributed by atoms with Gasteiger partial charge in [0, 0.05) is 31.1 Å². The second-order valence-electron chi connectivity index (χ2n) is 5.00. The summed E-state index contributed by atoms with van der Waals surface area (Å²) in [7, 11) is 2.05. The number of carbonyl (C=O) groups excluding carboxylic acids is 1. The van der Waals surface area contributed by atoms with E-state index >= 15 is 0 Å². The molecule has 0 N–H and O–H groups in total. The Morgan fingerprint density at radius 2 is 2.33 bits per heavy atom. The summed E-state index contributed by atoms with van der Waals surface area (Å²) in [6.45, 7) is 4.87. The summed E-state index contributed by atoms with van der Waals surface area (Å²) in [5.74, 6) is 0.195. The highest BCUT2D eigenvalue weighted by Gasteiger charge is 2.31. The molecule has 2 heterocycles. The van der Waals surface area contributed by atoms with Crippen molar-refractivity contribution < 1.29 is 4.79 Å². The van der Waals surface area contributed by atoms with E-state index in [1.54, 1.807) is 0 Å². The monoisotopic (exact) mass is 246 g/mol. The van der Waals surface area contributed by atoms with E-state index in [9.17, 15) is 4.79 Å². The molecule has 98 valence electrons. The Hall–Kier alpha value is -1.51. The van der Waals surface area contributed by atoms with Gasteiger partial charge in [-0.15, -0.1) is 0 Å². The summed E-state index contributed by atoms with van der Waals surface area (Å²) in [5.41, 5.74) is 2.11. The number of rotatable bonds is 3. The van der Waals surface area contributed by atoms with Gasteiger partial charge in [-0.2, -0.15) is 0 Å². The van der Waals surface area contributed by atoms with E-state index in [2.05, 4.69) is 17.6 Å². The van der Waals surface area contributed by atoms with Crippen molar-refractivity contribution in [3.05, 3.63) is 35.7 Å². The van der Waals surface area contributed by atoms with Gasteiger partial charge in [-0.3, -0.25) is 4.79 Å². The van der Waals surface area contributed by atoms with Crippen molar-refractivity contribution in [1.82, 2.24) is 9.47 Å². The molecule has 0 saturated carbocycles. The lowest BCUT2D eigenvalue weighted by molar-refractivity contribution is -0.128. The van der Waals surface area contributed by atoms with Crippen LogP contribution >= 0.6 is 0 Å². The van der Waals surface area contributed by atoms with Crippen molar-refractivity contribution >= 4 is 5.91 Å². The van der Waals surface area contributed by atoms with Gasteiger partial charge in [-0.1, -0.05) is 13.0 Å². The van der Waals surface area contributed by atoms with E-state index in [1.807, 2.05) is 37.2 Å². The molecule has 1 aliphatic heterocycles. The first kappa shape index (κ1) is 12.9. The standard InChI is InChI=1S/C15H22N2O/c1-4-7-12(2)15(18)17-11-6-9-14(17)13-8-5-10-16(13)3/h5,7-8,10,14H,4,6,9,11H2,1-3H3/b12-7-. The number of carbonyl (C=O) groups is 1. The van der Waals surface area contributed by atoms with Crippen LogP contribution < -0.4 is 0 Å². The molecule has 1 aliphatic rings. The molecule has 1 unspecified atom stereocenters. The SMILES string of the molecule is CC/C=C(/C)C(=O)N1CCCC1c1cccn1C. The zero-order valence-corrected chi connectivity index (χ0v) is 11.5. The third-order valence-electron chi connectivity index (χ3n) is 3.69. The first-order chi connectivity index (χ1) is 8.65. The highest BCUT2D eigenvalue weighted by Crippen LogP contribution is 2.32. The van der Waals surface area contributed by atoms with Crippen LogP contribution in [0, 0.1) is 0 Å². The number of hydrogen-bond acceptors (Lipinski definition) is 1. The Bertz CT molecular complexity index is 459. The minimum atomic E-state index is 0.195. The lowest BCUT2D eigenvalue weighted by Gasteiger charge is -2.25. The highest BCUT2D eigenvalue weighted by molar-refractivity contribution is 5.93. The van der Waals surface area contributed by atoms with E-state index < -0.39 is 0 Å². The Balaban J connectivity index is 2.21. The average molecular weight is 246 g/mol. The summed E-state index contributed by atoms with van der Waals surface area (Å²) in [4.78, 5) is 14.4. The molecule has 0 bridgehead atoms. The van der Waals surface area contributed by atoms with Crippen LogP contribution in [-0.2, 0) is 11.8 Å². The van der Waals surface area contributed by atoms with Crippen LogP contribution in [0.15, 0.2) is 30.0 Å². The van der Waals surface area contributed by atoms with Crippen molar-refractivity contribution in [2.45, 2.75) is 39.2 Å². The van der Waals surface area contributed by atoms with Crippen LogP contribution in [0.4, 0.5) is 0 Å². The maximum atomic E-state index is 12.4. The Labute approximate surface area is 109 Å². The smallest absolute Gasteiger partial charge is 0.249 e. The molecule has 18 heavy (non-hydrogen) atoms. The van der Waals surface area contributed by atoms with Crippen LogP contribution in [0.25, 0.3) is 0 Å². The molecule has 1 atom stereocenters. The number of nitrogens with zero attached hydrogens (tertiary/aromatic N) is 2. The van der Waals surface area contributed by atoms with Crippen LogP contribution in [0.2, 0.25) is 0 Å². The number of allylic oxidation sites excluding steroid dienone is 1. The number of likely N-dealkylation sites (tertiary alicyclic amines) is 1. The van der Waals surface area contributed by atoms with Gasteiger partial charge >= 0.3 is 0 Å². The molecule has 3 heteroatoms. The number of hydrogen-bond donors (Lipinski definition) is 0. The third kappa shape index (κ3) is 2.35. The first-order valence-electron chi connectivity index (χ1n) is 6.74. The van der Waals surface area contributed by atoms with E-state index in [-0.39, 0.29) is 11.9 Å². The van der Waals surface area contributed by atoms with Crippen LogP contribution in [0.5, 0.6) is 0 Å². The molecule has 0 radical (unpaired) electrons. The van der Waals surface area contributed by atoms with E-state index in [1.165, 1.54) is 5.69 Å². The van der Waals surface area contributed by atoms with Gasteiger partial charge in [0.15, 0.2) is 0 Å². The van der Waals surface area contributed by atoms with Gasteiger partial charge in [0.2, 0.25) is 5.91 Å². The predicted octanol–water partition coefficient (Wildman–Crippen LogP) is 3.04. The van der Waals surface area contributed by atoms with Gasteiger partial charge in [-0.05, 0) is 38.3 Å². The van der Waals surface area contributed by atoms with Gasteiger partial charge in [0.25, 0.3) is 0 Å². The van der Waals surface area contributed by atoms with Crippen molar-refractivity contribution in [2.75, 3.05) is 6.54 Å². The Kier molecular flexibility index (Phi) is 3.90. The van der Waals surface area contributed by atoms with Gasteiger partial charge in [0.1, 0.15) is 0 Å². The summed E-state index contributed by atoms with van der Waals surface area (Å²) in [6, 6.07) is 4.41. The van der Waals surface area contributed by atoms with E-state index in [4.69, 9.17) is 0 Å². The lowest BCUT2D eigenvalue weighted by atomic mass is 10.1. The second kappa shape index (κ2) is 5.42. The normalized spacial score (nSPS) is 20.5. The largest absolute Gasteiger partial charge is 0.353 e. The highest BCUT2D eigenvalue weighted by atomic mass is 16.2. The van der Waals surface area contributed by atoms with Crippen LogP contribution in [0.1, 0.15) is 44.8 Å². The Morgan fingerprint density at radius 1 is 1.56 bits per heavy atom. The third-order valence-corrected chi connectivity index (χ3v) is 3.69. The molecule has 1 amide bonds. The lowest BCUT2D eigenvalue weighted by Crippen LogP contribution is -2.31. The molecule has 0 spiro atoms. The zero-order valence-electron chi connectivity index (χ0n) is 11.5. The second-order valence-corrected chi connectivity index (χ2v) is 5.00. The predicted molar refractivity (Wildman–Crippen MR) is 73.1 cm³/mol. The molecule has 1 saturated heterocycles. The molecule has 2 rings (SSSR count). The fourth-order valence-corrected chi connectivity index (χ4v) is 2.76. The molecule has 0 aliphatic carbocycles. The fraction of sp³-hybridized carbons (Fsp3) is 0.533. The van der Waals surface area contributed by atoms with Gasteiger partial charge in [-0.25, -0.2) is 0 Å². The van der Waals surface area contributed by atoms with Crippen molar-refractivity contribution in [3.8, 4) is 0 Å². The topological polar surface area (TPSA) is 25.2 Å². The molecular formula is C15H22N2O. The molecule has 0 aromatic carbocycles. The maximum Gasteiger partial charge on any atom is 0.249 e. The zero-order chi connectivity index (χ0) is 13.1. The van der Waals surface area contributed by atoms with Crippen molar-refractivity contribution in [2.24, 2.45) is 7.05 Å². The average Bonchev–Trinajstić information content (AvgIpc) is 2.96. The summed E-state index contributed by atoms with van der Waals surface area (Å²) < 4.78 is 2.12. The molecular weight excluding hydrogens is 224 g/mol.